The van der Waals surface area contributed by atoms with Crippen LogP contribution in [0, 0.1) is 0 Å². The topological polar surface area (TPSA) is 75.6 Å². The van der Waals surface area contributed by atoms with Gasteiger partial charge in [0.25, 0.3) is 0 Å². The summed E-state index contributed by atoms with van der Waals surface area (Å²) >= 11 is 1.72. The van der Waals surface area contributed by atoms with Gasteiger partial charge in [0, 0.05) is 30.6 Å². The van der Waals surface area contributed by atoms with E-state index in [-0.39, 0.29) is 29.9 Å². The van der Waals surface area contributed by atoms with Crippen LogP contribution in [-0.4, -0.2) is 36.6 Å². The van der Waals surface area contributed by atoms with Crippen molar-refractivity contribution in [2.24, 2.45) is 4.99 Å². The molecule has 0 aromatic carbocycles. The fourth-order valence-electron chi connectivity index (χ4n) is 2.26. The maximum absolute atomic E-state index is 11.2. The molecule has 0 aliphatic carbocycles. The van der Waals surface area contributed by atoms with E-state index in [1.54, 1.807) is 11.3 Å². The summed E-state index contributed by atoms with van der Waals surface area (Å²) in [5.41, 5.74) is 0. The number of guanidine groups is 1. The molecule has 8 heteroatoms. The minimum absolute atomic E-state index is 0. The van der Waals surface area contributed by atoms with E-state index < -0.39 is 0 Å². The summed E-state index contributed by atoms with van der Waals surface area (Å²) < 4.78 is 4.92. The predicted octanol–water partition coefficient (Wildman–Crippen LogP) is 3.89. The number of ether oxygens (including phenoxy) is 1. The quantitative estimate of drug-likeness (QED) is 0.151. The van der Waals surface area contributed by atoms with Crippen LogP contribution < -0.4 is 10.6 Å². The maximum atomic E-state index is 11.2. The Morgan fingerprint density at radius 3 is 2.62 bits per heavy atom. The number of carbonyl (C=O) groups is 1. The van der Waals surface area contributed by atoms with Gasteiger partial charge in [0.05, 0.1) is 13.2 Å². The molecule has 0 unspecified atom stereocenters. The van der Waals surface area contributed by atoms with E-state index in [1.807, 2.05) is 13.1 Å². The Hall–Kier alpha value is -0.900. The molecule has 1 heterocycles. The fraction of sp³-hybridized carbons (Fsp3) is 0.722. The van der Waals surface area contributed by atoms with Crippen molar-refractivity contribution in [2.75, 3.05) is 19.7 Å². The molecule has 6 nitrogen and oxygen atoms in total. The Morgan fingerprint density at radius 2 is 1.96 bits per heavy atom. The molecule has 0 radical (unpaired) electrons. The zero-order valence-electron chi connectivity index (χ0n) is 16.2. The molecule has 0 aliphatic heterocycles. The van der Waals surface area contributed by atoms with Gasteiger partial charge in [-0.2, -0.15) is 0 Å². The number of esters is 1. The number of carbonyl (C=O) groups excluding carboxylic acids is 1. The first kappa shape index (κ1) is 25.1. The van der Waals surface area contributed by atoms with Gasteiger partial charge < -0.3 is 15.4 Å². The zero-order valence-corrected chi connectivity index (χ0v) is 19.3. The molecule has 0 amide bonds. The highest BCUT2D eigenvalue weighted by Gasteiger charge is 2.02. The molecule has 0 aliphatic rings. The van der Waals surface area contributed by atoms with Crippen LogP contribution in [0.2, 0.25) is 0 Å². The van der Waals surface area contributed by atoms with Crippen LogP contribution in [0.15, 0.2) is 11.2 Å². The van der Waals surface area contributed by atoms with E-state index in [1.165, 1.54) is 4.88 Å². The second kappa shape index (κ2) is 16.3. The van der Waals surface area contributed by atoms with E-state index in [4.69, 9.17) is 4.74 Å². The number of nitrogens with one attached hydrogen (secondary N) is 2. The van der Waals surface area contributed by atoms with Crippen molar-refractivity contribution < 1.29 is 9.53 Å². The number of rotatable bonds is 12. The fourth-order valence-corrected chi connectivity index (χ4v) is 3.05. The van der Waals surface area contributed by atoms with Crippen molar-refractivity contribution in [1.29, 1.82) is 0 Å². The van der Waals surface area contributed by atoms with E-state index in [2.05, 4.69) is 34.5 Å². The molecular formula is C18H33IN4O2S. The first-order valence-corrected chi connectivity index (χ1v) is 10.1. The minimum Gasteiger partial charge on any atom is -0.466 e. The summed E-state index contributed by atoms with van der Waals surface area (Å²) in [5.74, 6) is 0.748. The van der Waals surface area contributed by atoms with Crippen LogP contribution in [0.1, 0.15) is 62.8 Å². The third-order valence-corrected chi connectivity index (χ3v) is 4.70. The number of halogens is 1. The second-order valence-electron chi connectivity index (χ2n) is 5.67. The predicted molar refractivity (Wildman–Crippen MR) is 119 cm³/mol. The lowest BCUT2D eigenvalue weighted by Crippen LogP contribution is -2.37. The Bertz CT molecular complexity index is 523. The molecule has 0 fully saturated rings. The molecule has 26 heavy (non-hydrogen) atoms. The smallest absolute Gasteiger partial charge is 0.305 e. The van der Waals surface area contributed by atoms with Crippen molar-refractivity contribution in [3.63, 3.8) is 0 Å². The zero-order chi connectivity index (χ0) is 18.3. The average molecular weight is 496 g/mol. The van der Waals surface area contributed by atoms with Gasteiger partial charge in [-0.1, -0.05) is 19.8 Å². The monoisotopic (exact) mass is 496 g/mol. The van der Waals surface area contributed by atoms with Crippen molar-refractivity contribution >= 4 is 47.2 Å². The van der Waals surface area contributed by atoms with Crippen LogP contribution in [0.3, 0.4) is 0 Å². The van der Waals surface area contributed by atoms with Gasteiger partial charge in [0.15, 0.2) is 5.96 Å². The van der Waals surface area contributed by atoms with Crippen molar-refractivity contribution in [3.8, 4) is 0 Å². The van der Waals surface area contributed by atoms with Crippen LogP contribution in [0.4, 0.5) is 0 Å². The number of nitrogens with zero attached hydrogens (tertiary/aromatic N) is 2. The summed E-state index contributed by atoms with van der Waals surface area (Å²) in [4.78, 5) is 21.5. The van der Waals surface area contributed by atoms with Gasteiger partial charge in [-0.25, -0.2) is 9.98 Å². The third-order valence-electron chi connectivity index (χ3n) is 3.57. The van der Waals surface area contributed by atoms with Crippen molar-refractivity contribution in [2.45, 2.75) is 65.8 Å². The summed E-state index contributed by atoms with van der Waals surface area (Å²) in [7, 11) is 0. The number of hydrogen-bond donors (Lipinski definition) is 2. The molecule has 1 rings (SSSR count). The number of hydrogen-bond acceptors (Lipinski definition) is 5. The molecule has 1 aromatic heterocycles. The van der Waals surface area contributed by atoms with E-state index in [0.29, 0.717) is 19.6 Å². The molecule has 0 bridgehead atoms. The SMILES string of the molecule is CCNC(=NCc1ncc(CC)s1)NCCCCCCC(=O)OCC.I. The first-order valence-electron chi connectivity index (χ1n) is 9.30. The van der Waals surface area contributed by atoms with Crippen molar-refractivity contribution in [1.82, 2.24) is 15.6 Å². The second-order valence-corrected chi connectivity index (χ2v) is 6.86. The lowest BCUT2D eigenvalue weighted by molar-refractivity contribution is -0.143. The van der Waals surface area contributed by atoms with Crippen LogP contribution >= 0.6 is 35.3 Å². The van der Waals surface area contributed by atoms with Gasteiger partial charge >= 0.3 is 5.97 Å². The Morgan fingerprint density at radius 1 is 1.19 bits per heavy atom. The lowest BCUT2D eigenvalue weighted by atomic mass is 10.1. The summed E-state index contributed by atoms with van der Waals surface area (Å²) in [6, 6.07) is 0. The molecule has 2 N–H and O–H groups in total. The molecule has 0 spiro atoms. The largest absolute Gasteiger partial charge is 0.466 e. The average Bonchev–Trinajstić information content (AvgIpc) is 3.07. The maximum Gasteiger partial charge on any atom is 0.305 e. The molecule has 1 aromatic rings. The van der Waals surface area contributed by atoms with Gasteiger partial charge in [0.2, 0.25) is 0 Å². The summed E-state index contributed by atoms with van der Waals surface area (Å²) in [6.45, 7) is 8.83. The third kappa shape index (κ3) is 11.7. The lowest BCUT2D eigenvalue weighted by Gasteiger charge is -2.10. The van der Waals surface area contributed by atoms with E-state index in [0.717, 1.165) is 56.2 Å². The molecule has 150 valence electrons. The van der Waals surface area contributed by atoms with Crippen LogP contribution in [0.25, 0.3) is 0 Å². The standard InChI is InChI=1S/C18H32N4O2S.HI/c1-4-15-13-21-16(25-15)14-22-18(19-5-2)20-12-10-8-7-9-11-17(23)24-6-3;/h13H,4-12,14H2,1-3H3,(H2,19,20,22);1H. The number of unbranched alkanes of at least 4 members (excludes halogenated alkanes) is 3. The van der Waals surface area contributed by atoms with Gasteiger partial charge in [-0.15, -0.1) is 35.3 Å². The van der Waals surface area contributed by atoms with Gasteiger partial charge in [-0.3, -0.25) is 4.79 Å². The van der Waals surface area contributed by atoms with E-state index in [9.17, 15) is 4.79 Å². The highest BCUT2D eigenvalue weighted by molar-refractivity contribution is 14.0. The first-order chi connectivity index (χ1) is 12.2. The molecule has 0 saturated carbocycles. The Labute approximate surface area is 178 Å². The number of thiazole rings is 1. The van der Waals surface area contributed by atoms with Crippen molar-refractivity contribution in [3.05, 3.63) is 16.1 Å². The summed E-state index contributed by atoms with van der Waals surface area (Å²) in [5, 5.41) is 7.66. The Balaban J connectivity index is 0.00000625. The molecule has 0 atom stereocenters. The Kier molecular flexibility index (Phi) is 15.7. The normalized spacial score (nSPS) is 11.0. The van der Waals surface area contributed by atoms with Crippen LogP contribution in [0.5, 0.6) is 0 Å². The van der Waals surface area contributed by atoms with Gasteiger partial charge in [0.1, 0.15) is 5.01 Å². The van der Waals surface area contributed by atoms with E-state index >= 15 is 0 Å². The number of aliphatic imine (C=N–C) groups is 1. The molecular weight excluding hydrogens is 463 g/mol. The number of aromatic nitrogens is 1. The van der Waals surface area contributed by atoms with Crippen LogP contribution in [-0.2, 0) is 22.5 Å². The summed E-state index contributed by atoms with van der Waals surface area (Å²) in [6.07, 6.45) is 7.59. The number of aryl methyl sites for hydroxylation is 1. The highest BCUT2D eigenvalue weighted by Crippen LogP contribution is 2.13. The molecule has 0 saturated heterocycles. The highest BCUT2D eigenvalue weighted by atomic mass is 127. The minimum atomic E-state index is -0.0874. The van der Waals surface area contributed by atoms with Gasteiger partial charge in [-0.05, 0) is 33.1 Å².